The molecule has 0 spiro atoms. The van der Waals surface area contributed by atoms with Gasteiger partial charge in [-0.2, -0.15) is 0 Å². The number of benzene rings is 1. The molecule has 0 N–H and O–H groups in total. The molecule has 0 fully saturated rings. The molecule has 2 rings (SSSR count). The Hall–Kier alpha value is -2.43. The minimum Gasteiger partial charge on any atom is -0.452 e. The predicted octanol–water partition coefficient (Wildman–Crippen LogP) is 1.54. The fourth-order valence-electron chi connectivity index (χ4n) is 1.44. The molecular weight excluding hydrogens is 236 g/mol. The highest BCUT2D eigenvalue weighted by atomic mass is 16.5. The number of para-hydroxylation sites is 1. The Balaban J connectivity index is 2.37. The van der Waals surface area contributed by atoms with Crippen LogP contribution in [0.2, 0.25) is 0 Å². The molecule has 5 heteroatoms. The molecule has 0 aliphatic rings. The van der Waals surface area contributed by atoms with Crippen LogP contribution in [0.1, 0.15) is 17.5 Å². The minimum absolute atomic E-state index is 0.208. The van der Waals surface area contributed by atoms with Gasteiger partial charge in [0.1, 0.15) is 12.2 Å². The highest BCUT2D eigenvalue weighted by molar-refractivity contribution is 5.90. The zero-order chi connectivity index (χ0) is 13.1. The minimum atomic E-state index is -0.826. The Morgan fingerprint density at radius 2 is 2.00 bits per heavy atom. The predicted molar refractivity (Wildman–Crippen MR) is 63.4 cm³/mol. The maximum absolute atomic E-state index is 11.7. The number of carbonyl (C=O) groups excluding carboxylic acids is 2. The smallest absolute Gasteiger partial charge is 0.374 e. The number of hydrogen-bond donors (Lipinski definition) is 0. The lowest BCUT2D eigenvalue weighted by atomic mass is 10.2. The standard InChI is InChI=1S/C13H10O5/c1-8(14)7-17-13(16)12-6-10(15)9-4-2-3-5-11(9)18-12/h2-6H,7H2,1H3. The molecular formula is C13H10O5. The van der Waals surface area contributed by atoms with Crippen molar-refractivity contribution < 1.29 is 18.7 Å². The van der Waals surface area contributed by atoms with Crippen LogP contribution in [-0.4, -0.2) is 18.4 Å². The average molecular weight is 246 g/mol. The lowest BCUT2D eigenvalue weighted by Crippen LogP contribution is -2.13. The highest BCUT2D eigenvalue weighted by Crippen LogP contribution is 2.12. The molecule has 0 unspecified atom stereocenters. The third-order valence-electron chi connectivity index (χ3n) is 2.24. The van der Waals surface area contributed by atoms with Gasteiger partial charge in [0.25, 0.3) is 0 Å². The van der Waals surface area contributed by atoms with E-state index in [0.29, 0.717) is 11.0 Å². The van der Waals surface area contributed by atoms with Crippen molar-refractivity contribution in [2.45, 2.75) is 6.92 Å². The van der Waals surface area contributed by atoms with Crippen LogP contribution < -0.4 is 5.43 Å². The molecule has 0 atom stereocenters. The van der Waals surface area contributed by atoms with E-state index in [4.69, 9.17) is 4.42 Å². The van der Waals surface area contributed by atoms with Gasteiger partial charge in [-0.05, 0) is 19.1 Å². The van der Waals surface area contributed by atoms with Crippen molar-refractivity contribution in [3.8, 4) is 0 Å². The third kappa shape index (κ3) is 2.45. The molecule has 0 aliphatic heterocycles. The summed E-state index contributed by atoms with van der Waals surface area (Å²) in [5.41, 5.74) is -0.0219. The van der Waals surface area contributed by atoms with Crippen molar-refractivity contribution in [1.29, 1.82) is 0 Å². The molecule has 0 radical (unpaired) electrons. The van der Waals surface area contributed by atoms with E-state index >= 15 is 0 Å². The summed E-state index contributed by atoms with van der Waals surface area (Å²) in [7, 11) is 0. The quantitative estimate of drug-likeness (QED) is 0.768. The van der Waals surface area contributed by atoms with E-state index in [1.165, 1.54) is 6.92 Å². The van der Waals surface area contributed by atoms with Crippen LogP contribution >= 0.6 is 0 Å². The molecule has 5 nitrogen and oxygen atoms in total. The summed E-state index contributed by atoms with van der Waals surface area (Å²) in [5, 5.41) is 0.389. The zero-order valence-corrected chi connectivity index (χ0v) is 9.64. The van der Waals surface area contributed by atoms with Gasteiger partial charge >= 0.3 is 5.97 Å². The largest absolute Gasteiger partial charge is 0.452 e. The van der Waals surface area contributed by atoms with E-state index in [0.717, 1.165) is 6.07 Å². The van der Waals surface area contributed by atoms with Gasteiger partial charge in [-0.3, -0.25) is 9.59 Å². The van der Waals surface area contributed by atoms with Gasteiger partial charge < -0.3 is 9.15 Å². The molecule has 0 saturated heterocycles. The Labute approximate surface area is 102 Å². The average Bonchev–Trinajstić information content (AvgIpc) is 2.36. The number of fused-ring (bicyclic) bond motifs is 1. The van der Waals surface area contributed by atoms with Crippen LogP contribution in [0.5, 0.6) is 0 Å². The van der Waals surface area contributed by atoms with Gasteiger partial charge in [-0.25, -0.2) is 4.79 Å². The highest BCUT2D eigenvalue weighted by Gasteiger charge is 2.14. The molecule has 1 aromatic heterocycles. The lowest BCUT2D eigenvalue weighted by molar-refractivity contribution is -0.120. The molecule has 1 aromatic carbocycles. The van der Waals surface area contributed by atoms with Crippen LogP contribution in [-0.2, 0) is 9.53 Å². The summed E-state index contributed by atoms with van der Waals surface area (Å²) in [4.78, 5) is 33.9. The van der Waals surface area contributed by atoms with Crippen LogP contribution in [0.3, 0.4) is 0 Å². The Morgan fingerprint density at radius 1 is 1.28 bits per heavy atom. The fourth-order valence-corrected chi connectivity index (χ4v) is 1.44. The number of hydrogen-bond acceptors (Lipinski definition) is 5. The number of Topliss-reactive ketones (excluding diaryl/α,β-unsaturated/α-hetero) is 1. The molecule has 2 aromatic rings. The van der Waals surface area contributed by atoms with Crippen molar-refractivity contribution in [2.24, 2.45) is 0 Å². The Kier molecular flexibility index (Phi) is 3.23. The molecule has 0 bridgehead atoms. The topological polar surface area (TPSA) is 73.6 Å². The van der Waals surface area contributed by atoms with Crippen molar-refractivity contribution >= 4 is 22.7 Å². The summed E-state index contributed by atoms with van der Waals surface area (Å²) < 4.78 is 9.92. The van der Waals surface area contributed by atoms with E-state index in [1.807, 2.05) is 0 Å². The second kappa shape index (κ2) is 4.83. The monoisotopic (exact) mass is 246 g/mol. The third-order valence-corrected chi connectivity index (χ3v) is 2.24. The van der Waals surface area contributed by atoms with E-state index < -0.39 is 5.97 Å². The molecule has 92 valence electrons. The number of rotatable bonds is 3. The van der Waals surface area contributed by atoms with E-state index in [1.54, 1.807) is 24.3 Å². The van der Waals surface area contributed by atoms with Crippen molar-refractivity contribution in [3.63, 3.8) is 0 Å². The Morgan fingerprint density at radius 3 is 2.72 bits per heavy atom. The molecule has 1 heterocycles. The van der Waals surface area contributed by atoms with Gasteiger partial charge in [0.05, 0.1) is 5.39 Å². The van der Waals surface area contributed by atoms with Crippen LogP contribution in [0, 0.1) is 0 Å². The molecule has 0 saturated carbocycles. The normalized spacial score (nSPS) is 10.3. The van der Waals surface area contributed by atoms with Crippen LogP contribution in [0.15, 0.2) is 39.5 Å². The second-order valence-corrected chi connectivity index (χ2v) is 3.75. The summed E-state index contributed by atoms with van der Waals surface area (Å²) in [6.45, 7) is 0.958. The zero-order valence-electron chi connectivity index (χ0n) is 9.64. The van der Waals surface area contributed by atoms with Crippen molar-refractivity contribution in [1.82, 2.24) is 0 Å². The van der Waals surface area contributed by atoms with Gasteiger partial charge in [0, 0.05) is 6.07 Å². The summed E-state index contributed by atoms with van der Waals surface area (Å²) in [5.74, 6) is -1.32. The summed E-state index contributed by atoms with van der Waals surface area (Å²) in [6, 6.07) is 7.64. The first-order valence-electron chi connectivity index (χ1n) is 5.27. The van der Waals surface area contributed by atoms with Gasteiger partial charge in [0.15, 0.2) is 11.2 Å². The van der Waals surface area contributed by atoms with Crippen LogP contribution in [0.25, 0.3) is 11.0 Å². The number of ketones is 1. The first-order chi connectivity index (χ1) is 8.58. The van der Waals surface area contributed by atoms with Crippen molar-refractivity contribution in [3.05, 3.63) is 46.3 Å². The molecule has 0 aliphatic carbocycles. The van der Waals surface area contributed by atoms with Crippen molar-refractivity contribution in [2.75, 3.05) is 6.61 Å². The fraction of sp³-hybridized carbons (Fsp3) is 0.154. The first-order valence-corrected chi connectivity index (χ1v) is 5.27. The maximum Gasteiger partial charge on any atom is 0.374 e. The number of esters is 1. The van der Waals surface area contributed by atoms with E-state index in [2.05, 4.69) is 4.74 Å². The summed E-state index contributed by atoms with van der Waals surface area (Å²) in [6.07, 6.45) is 0. The number of ether oxygens (including phenoxy) is 1. The molecule has 0 amide bonds. The maximum atomic E-state index is 11.7. The summed E-state index contributed by atoms with van der Waals surface area (Å²) >= 11 is 0. The van der Waals surface area contributed by atoms with Gasteiger partial charge in [0.2, 0.25) is 5.76 Å². The van der Waals surface area contributed by atoms with Gasteiger partial charge in [-0.1, -0.05) is 12.1 Å². The molecule has 18 heavy (non-hydrogen) atoms. The van der Waals surface area contributed by atoms with Crippen LogP contribution in [0.4, 0.5) is 0 Å². The SMILES string of the molecule is CC(=O)COC(=O)c1cc(=O)c2ccccc2o1. The van der Waals surface area contributed by atoms with E-state index in [-0.39, 0.29) is 23.6 Å². The lowest BCUT2D eigenvalue weighted by Gasteiger charge is -2.02. The van der Waals surface area contributed by atoms with Gasteiger partial charge in [-0.15, -0.1) is 0 Å². The second-order valence-electron chi connectivity index (χ2n) is 3.75. The first kappa shape index (κ1) is 12.0. The number of carbonyl (C=O) groups is 2. The Bertz CT molecular complexity index is 668. The van der Waals surface area contributed by atoms with E-state index in [9.17, 15) is 14.4 Å².